The zero-order valence-electron chi connectivity index (χ0n) is 19.5. The minimum absolute atomic E-state index is 0.0562. The highest BCUT2D eigenvalue weighted by molar-refractivity contribution is 6.44. The Morgan fingerprint density at radius 3 is 2.20 bits per heavy atom. The molecule has 0 saturated heterocycles. The van der Waals surface area contributed by atoms with Gasteiger partial charge in [-0.2, -0.15) is 0 Å². The molecule has 0 aromatic heterocycles. The van der Waals surface area contributed by atoms with Gasteiger partial charge in [-0.3, -0.25) is 0 Å². The minimum atomic E-state index is -1.83. The normalized spacial score (nSPS) is 13.6. The molecule has 0 aromatic rings. The lowest BCUT2D eigenvalue weighted by Crippen LogP contribution is -2.30. The molecule has 2 unspecified atom stereocenters. The lowest BCUT2D eigenvalue weighted by Gasteiger charge is -2.21. The molecule has 0 N–H and O–H groups in total. The summed E-state index contributed by atoms with van der Waals surface area (Å²) >= 11 is 0. The maximum absolute atomic E-state index is 12.3. The molecule has 7 nitrogen and oxygen atoms in total. The van der Waals surface area contributed by atoms with Crippen LogP contribution in [0.1, 0.15) is 67.2 Å². The Morgan fingerprint density at radius 1 is 1.03 bits per heavy atom. The van der Waals surface area contributed by atoms with Gasteiger partial charge in [-0.15, -0.1) is 0 Å². The van der Waals surface area contributed by atoms with Gasteiger partial charge < -0.3 is 23.1 Å². The second kappa shape index (κ2) is 17.1. The summed E-state index contributed by atoms with van der Waals surface area (Å²) in [5, 5.41) is 0. The third kappa shape index (κ3) is 13.6. The minimum Gasteiger partial charge on any atom is -0.498 e. The first-order chi connectivity index (χ1) is 14.2. The zero-order chi connectivity index (χ0) is 22.9. The lowest BCUT2D eigenvalue weighted by molar-refractivity contribution is -0.144. The Morgan fingerprint density at radius 2 is 1.67 bits per heavy atom. The summed E-state index contributed by atoms with van der Waals surface area (Å²) in [6.07, 6.45) is 4.27. The summed E-state index contributed by atoms with van der Waals surface area (Å²) in [6.45, 7) is 16.2. The van der Waals surface area contributed by atoms with Crippen LogP contribution in [0.5, 0.6) is 0 Å². The number of ether oxygens (including phenoxy) is 3. The van der Waals surface area contributed by atoms with Crippen molar-refractivity contribution in [3.8, 4) is 0 Å². The first-order valence-electron chi connectivity index (χ1n) is 10.8. The highest BCUT2D eigenvalue weighted by atomic mass is 28.3. The van der Waals surface area contributed by atoms with Crippen molar-refractivity contribution in [1.29, 1.82) is 0 Å². The highest BCUT2D eigenvalue weighted by Gasteiger charge is 2.22. The van der Waals surface area contributed by atoms with E-state index in [0.717, 1.165) is 19.3 Å². The molecule has 0 radical (unpaired) electrons. The van der Waals surface area contributed by atoms with E-state index in [1.54, 1.807) is 13.8 Å². The highest BCUT2D eigenvalue weighted by Crippen LogP contribution is 2.13. The van der Waals surface area contributed by atoms with Crippen molar-refractivity contribution >= 4 is 21.2 Å². The number of hydrogen-bond acceptors (Lipinski definition) is 7. The molecule has 0 aromatic carbocycles. The Balaban J connectivity index is 4.30. The van der Waals surface area contributed by atoms with Gasteiger partial charge in [0.05, 0.1) is 24.5 Å². The van der Waals surface area contributed by atoms with Gasteiger partial charge in [-0.05, 0) is 60.3 Å². The molecule has 0 saturated carbocycles. The van der Waals surface area contributed by atoms with Crippen molar-refractivity contribution in [3.05, 3.63) is 24.0 Å². The van der Waals surface area contributed by atoms with Crippen LogP contribution >= 0.6 is 0 Å². The van der Waals surface area contributed by atoms with Crippen molar-refractivity contribution in [2.24, 2.45) is 0 Å². The fourth-order valence-corrected chi connectivity index (χ4v) is 4.44. The van der Waals surface area contributed by atoms with Gasteiger partial charge in [0.2, 0.25) is 0 Å². The maximum atomic E-state index is 12.3. The molecule has 0 heterocycles. The summed E-state index contributed by atoms with van der Waals surface area (Å²) in [6, 6.07) is 0.629. The number of rotatable bonds is 17. The molecule has 2 atom stereocenters. The van der Waals surface area contributed by atoms with Gasteiger partial charge in [0, 0.05) is 24.8 Å². The molecule has 0 bridgehead atoms. The summed E-state index contributed by atoms with van der Waals surface area (Å²) in [4.78, 5) is 23.6. The first-order valence-corrected chi connectivity index (χ1v) is 12.6. The van der Waals surface area contributed by atoms with Crippen molar-refractivity contribution in [2.45, 2.75) is 85.5 Å². The fraction of sp³-hybridized carbons (Fsp3) is 0.727. The molecule has 0 fully saturated rings. The van der Waals surface area contributed by atoms with Crippen LogP contribution in [0.4, 0.5) is 0 Å². The third-order valence-electron chi connectivity index (χ3n) is 4.28. The van der Waals surface area contributed by atoms with Crippen molar-refractivity contribution in [1.82, 2.24) is 0 Å². The molecule has 30 heavy (non-hydrogen) atoms. The lowest BCUT2D eigenvalue weighted by atomic mass is 10.2. The summed E-state index contributed by atoms with van der Waals surface area (Å²) < 4.78 is 27.6. The SMILES string of the molecule is C=C(C)C(=O)OCCCCC(C)OC=C(C)C(=O)OC(CC)C[SiH](OCC)OCC. The third-order valence-corrected chi connectivity index (χ3v) is 6.60. The molecule has 0 aliphatic carbocycles. The van der Waals surface area contributed by atoms with Crippen LogP contribution in [0.15, 0.2) is 24.0 Å². The Bertz CT molecular complexity index is 542. The zero-order valence-corrected chi connectivity index (χ0v) is 20.7. The van der Waals surface area contributed by atoms with Crippen LogP contribution in [0.3, 0.4) is 0 Å². The molecule has 174 valence electrons. The first kappa shape index (κ1) is 28.4. The van der Waals surface area contributed by atoms with E-state index in [1.807, 2.05) is 27.7 Å². The average Bonchev–Trinajstić information content (AvgIpc) is 2.71. The van der Waals surface area contributed by atoms with Crippen LogP contribution in [-0.4, -0.2) is 53.3 Å². The van der Waals surface area contributed by atoms with Crippen LogP contribution in [0.2, 0.25) is 6.04 Å². The van der Waals surface area contributed by atoms with E-state index in [-0.39, 0.29) is 24.1 Å². The summed E-state index contributed by atoms with van der Waals surface area (Å²) in [5.41, 5.74) is 0.819. The second-order valence-electron chi connectivity index (χ2n) is 7.17. The summed E-state index contributed by atoms with van der Waals surface area (Å²) in [5.74, 6) is -0.750. The van der Waals surface area contributed by atoms with E-state index >= 15 is 0 Å². The Labute approximate surface area is 183 Å². The summed E-state index contributed by atoms with van der Waals surface area (Å²) in [7, 11) is -1.83. The standard InChI is InChI=1S/C22H40O7Si/c1-8-20(16-30(27-9-2)28-10-3)29-22(24)18(6)15-26-19(7)13-11-12-14-25-21(23)17(4)5/h15,19-20,30H,4,8-14,16H2,1-3,5-7H3. The van der Waals surface area contributed by atoms with Gasteiger partial charge in [0.25, 0.3) is 0 Å². The number of carbonyl (C=O) groups excluding carboxylic acids is 2. The quantitative estimate of drug-likeness (QED) is 0.109. The van der Waals surface area contributed by atoms with Gasteiger partial charge in [-0.25, -0.2) is 9.59 Å². The monoisotopic (exact) mass is 444 g/mol. The van der Waals surface area contributed by atoms with E-state index < -0.39 is 9.28 Å². The molecule has 0 amide bonds. The van der Waals surface area contributed by atoms with Crippen LogP contribution < -0.4 is 0 Å². The predicted molar refractivity (Wildman–Crippen MR) is 119 cm³/mol. The number of esters is 2. The van der Waals surface area contributed by atoms with E-state index in [1.165, 1.54) is 6.26 Å². The second-order valence-corrected chi connectivity index (χ2v) is 9.17. The van der Waals surface area contributed by atoms with E-state index in [0.29, 0.717) is 43.4 Å². The predicted octanol–water partition coefficient (Wildman–Crippen LogP) is 4.20. The van der Waals surface area contributed by atoms with Crippen molar-refractivity contribution in [2.75, 3.05) is 19.8 Å². The van der Waals surface area contributed by atoms with Gasteiger partial charge in [0.15, 0.2) is 0 Å². The van der Waals surface area contributed by atoms with E-state index in [9.17, 15) is 9.59 Å². The van der Waals surface area contributed by atoms with Crippen molar-refractivity contribution < 1.29 is 32.7 Å². The van der Waals surface area contributed by atoms with Crippen molar-refractivity contribution in [3.63, 3.8) is 0 Å². The maximum Gasteiger partial charge on any atom is 0.337 e. The number of unbranched alkanes of at least 4 members (excludes halogenated alkanes) is 1. The number of carbonyl (C=O) groups is 2. The smallest absolute Gasteiger partial charge is 0.337 e. The largest absolute Gasteiger partial charge is 0.498 e. The molecule has 0 aliphatic heterocycles. The Hall–Kier alpha value is -1.64. The molecule has 0 spiro atoms. The Kier molecular flexibility index (Phi) is 16.1. The van der Waals surface area contributed by atoms with E-state index in [2.05, 4.69) is 6.58 Å². The van der Waals surface area contributed by atoms with Gasteiger partial charge in [0.1, 0.15) is 6.10 Å². The van der Waals surface area contributed by atoms with Crippen LogP contribution in [0.25, 0.3) is 0 Å². The van der Waals surface area contributed by atoms with Crippen LogP contribution in [-0.2, 0) is 32.7 Å². The van der Waals surface area contributed by atoms with Crippen LogP contribution in [0, 0.1) is 0 Å². The molecule has 0 aliphatic rings. The average molecular weight is 445 g/mol. The molecular weight excluding hydrogens is 404 g/mol. The van der Waals surface area contributed by atoms with E-state index in [4.69, 9.17) is 23.1 Å². The molecule has 0 rings (SSSR count). The topological polar surface area (TPSA) is 80.3 Å². The van der Waals surface area contributed by atoms with Gasteiger partial charge >= 0.3 is 21.2 Å². The molecular formula is C22H40O7Si. The fourth-order valence-electron chi connectivity index (χ4n) is 2.47. The van der Waals surface area contributed by atoms with Gasteiger partial charge in [-0.1, -0.05) is 13.5 Å². The number of hydrogen-bond donors (Lipinski definition) is 0. The molecule has 8 heteroatoms.